The number of amides is 1. The molecule has 0 aliphatic carbocycles. The molecule has 2 rings (SSSR count). The second-order valence-electron chi connectivity index (χ2n) is 6.54. The Hall–Kier alpha value is -1.95. The zero-order valence-electron chi connectivity index (χ0n) is 13.3. The normalized spacial score (nSPS) is 20.4. The molecular weight excluding hydrogens is 282 g/mol. The Kier molecular flexibility index (Phi) is 4.81. The smallest absolute Gasteiger partial charge is 0.285 e. The highest BCUT2D eigenvalue weighted by molar-refractivity contribution is 5.98. The summed E-state index contributed by atoms with van der Waals surface area (Å²) in [4.78, 5) is 23.0. The van der Waals surface area contributed by atoms with Gasteiger partial charge in [-0.2, -0.15) is 0 Å². The molecule has 0 saturated carbocycles. The van der Waals surface area contributed by atoms with Gasteiger partial charge in [0.05, 0.1) is 4.92 Å². The van der Waals surface area contributed by atoms with Crippen LogP contribution in [-0.4, -0.2) is 30.0 Å². The third-order valence-corrected chi connectivity index (χ3v) is 4.46. The minimum Gasteiger partial charge on any atom is -0.350 e. The van der Waals surface area contributed by atoms with Crippen LogP contribution < -0.4 is 10.6 Å². The Balaban J connectivity index is 2.10. The number of nitro benzene ring substituents is 1. The first kappa shape index (κ1) is 16.4. The Morgan fingerprint density at radius 3 is 2.86 bits per heavy atom. The molecular formula is C16H23N3O3. The van der Waals surface area contributed by atoms with Gasteiger partial charge in [0, 0.05) is 18.2 Å². The number of piperidine rings is 1. The highest BCUT2D eigenvalue weighted by Gasteiger charge is 2.32. The molecule has 0 aromatic heterocycles. The Morgan fingerprint density at radius 1 is 1.50 bits per heavy atom. The van der Waals surface area contributed by atoms with Gasteiger partial charge < -0.3 is 10.6 Å². The first-order chi connectivity index (χ1) is 10.3. The van der Waals surface area contributed by atoms with Gasteiger partial charge in [0.25, 0.3) is 11.6 Å². The van der Waals surface area contributed by atoms with E-state index >= 15 is 0 Å². The van der Waals surface area contributed by atoms with Crippen LogP contribution >= 0.6 is 0 Å². The van der Waals surface area contributed by atoms with E-state index < -0.39 is 10.8 Å². The van der Waals surface area contributed by atoms with Crippen LogP contribution in [0.2, 0.25) is 0 Å². The van der Waals surface area contributed by atoms with Gasteiger partial charge in [-0.25, -0.2) is 0 Å². The predicted octanol–water partition coefficient (Wildman–Crippen LogP) is 2.41. The van der Waals surface area contributed by atoms with E-state index in [1.165, 1.54) is 6.07 Å². The molecule has 1 aliphatic heterocycles. The van der Waals surface area contributed by atoms with E-state index in [2.05, 4.69) is 24.5 Å². The maximum absolute atomic E-state index is 12.3. The lowest BCUT2D eigenvalue weighted by atomic mass is 9.77. The van der Waals surface area contributed by atoms with Crippen molar-refractivity contribution in [1.29, 1.82) is 0 Å². The molecule has 1 amide bonds. The van der Waals surface area contributed by atoms with Crippen LogP contribution in [0.1, 0.15) is 42.6 Å². The van der Waals surface area contributed by atoms with Crippen LogP contribution in [0.25, 0.3) is 0 Å². The topological polar surface area (TPSA) is 84.3 Å². The van der Waals surface area contributed by atoms with Crippen LogP contribution in [0.4, 0.5) is 5.69 Å². The SMILES string of the molecule is Cc1cccc(C(=O)NCC2NCCCC2(C)C)c1[N+](=O)[O-]. The molecule has 1 aromatic carbocycles. The van der Waals surface area contributed by atoms with Gasteiger partial charge >= 0.3 is 0 Å². The van der Waals surface area contributed by atoms with Crippen molar-refractivity contribution in [2.75, 3.05) is 13.1 Å². The summed E-state index contributed by atoms with van der Waals surface area (Å²) >= 11 is 0. The zero-order valence-corrected chi connectivity index (χ0v) is 13.3. The first-order valence-electron chi connectivity index (χ1n) is 7.58. The van der Waals surface area contributed by atoms with E-state index in [9.17, 15) is 14.9 Å². The Morgan fingerprint density at radius 2 is 2.23 bits per heavy atom. The van der Waals surface area contributed by atoms with Gasteiger partial charge in [-0.15, -0.1) is 0 Å². The summed E-state index contributed by atoms with van der Waals surface area (Å²) in [5, 5.41) is 17.4. The fourth-order valence-corrected chi connectivity index (χ4v) is 2.99. The van der Waals surface area contributed by atoms with E-state index in [0.717, 1.165) is 19.4 Å². The van der Waals surface area contributed by atoms with Crippen molar-refractivity contribution in [2.24, 2.45) is 5.41 Å². The lowest BCUT2D eigenvalue weighted by molar-refractivity contribution is -0.385. The minimum absolute atomic E-state index is 0.101. The van der Waals surface area contributed by atoms with Gasteiger partial charge in [-0.1, -0.05) is 26.0 Å². The van der Waals surface area contributed by atoms with E-state index in [0.29, 0.717) is 12.1 Å². The predicted molar refractivity (Wildman–Crippen MR) is 85.0 cm³/mol. The molecule has 1 atom stereocenters. The minimum atomic E-state index is -0.493. The molecule has 6 nitrogen and oxygen atoms in total. The number of para-hydroxylation sites is 1. The quantitative estimate of drug-likeness (QED) is 0.661. The lowest BCUT2D eigenvalue weighted by Gasteiger charge is -2.39. The van der Waals surface area contributed by atoms with Gasteiger partial charge in [0.2, 0.25) is 0 Å². The summed E-state index contributed by atoms with van der Waals surface area (Å²) in [7, 11) is 0. The van der Waals surface area contributed by atoms with Gasteiger partial charge in [0.15, 0.2) is 0 Å². The molecule has 1 saturated heterocycles. The molecule has 0 spiro atoms. The highest BCUT2D eigenvalue weighted by Crippen LogP contribution is 2.30. The van der Waals surface area contributed by atoms with Crippen molar-refractivity contribution < 1.29 is 9.72 Å². The van der Waals surface area contributed by atoms with E-state index in [1.807, 2.05) is 0 Å². The maximum Gasteiger partial charge on any atom is 0.285 e. The molecule has 1 aromatic rings. The van der Waals surface area contributed by atoms with Crippen molar-refractivity contribution >= 4 is 11.6 Å². The molecule has 120 valence electrons. The Bertz CT molecular complexity index is 584. The number of nitrogens with one attached hydrogen (secondary N) is 2. The third kappa shape index (κ3) is 3.44. The van der Waals surface area contributed by atoms with Crippen molar-refractivity contribution in [3.05, 3.63) is 39.4 Å². The molecule has 1 fully saturated rings. The number of carbonyl (C=O) groups is 1. The average molecular weight is 305 g/mol. The molecule has 0 bridgehead atoms. The standard InChI is InChI=1S/C16H23N3O3/c1-11-6-4-7-12(14(11)19(21)22)15(20)18-10-13-16(2,3)8-5-9-17-13/h4,6-7,13,17H,5,8-10H2,1-3H3,(H,18,20). The summed E-state index contributed by atoms with van der Waals surface area (Å²) in [6.07, 6.45) is 2.23. The highest BCUT2D eigenvalue weighted by atomic mass is 16.6. The number of benzene rings is 1. The third-order valence-electron chi connectivity index (χ3n) is 4.46. The van der Waals surface area contributed by atoms with Gasteiger partial charge in [0.1, 0.15) is 5.56 Å². The summed E-state index contributed by atoms with van der Waals surface area (Å²) in [5.74, 6) is -0.390. The molecule has 1 heterocycles. The molecule has 2 N–H and O–H groups in total. The maximum atomic E-state index is 12.3. The number of aryl methyl sites for hydroxylation is 1. The largest absolute Gasteiger partial charge is 0.350 e. The second-order valence-corrected chi connectivity index (χ2v) is 6.54. The van der Waals surface area contributed by atoms with Gasteiger partial charge in [-0.3, -0.25) is 14.9 Å². The molecule has 1 aliphatic rings. The van der Waals surface area contributed by atoms with Crippen molar-refractivity contribution in [3.63, 3.8) is 0 Å². The lowest BCUT2D eigenvalue weighted by Crippen LogP contribution is -2.52. The van der Waals surface area contributed by atoms with Crippen LogP contribution in [0.15, 0.2) is 18.2 Å². The van der Waals surface area contributed by atoms with E-state index in [1.54, 1.807) is 19.1 Å². The molecule has 22 heavy (non-hydrogen) atoms. The molecule has 0 radical (unpaired) electrons. The van der Waals surface area contributed by atoms with Crippen molar-refractivity contribution in [2.45, 2.75) is 39.7 Å². The Labute approximate surface area is 130 Å². The summed E-state index contributed by atoms with van der Waals surface area (Å²) < 4.78 is 0. The fourth-order valence-electron chi connectivity index (χ4n) is 2.99. The van der Waals surface area contributed by atoms with Crippen LogP contribution in [0, 0.1) is 22.5 Å². The van der Waals surface area contributed by atoms with E-state index in [4.69, 9.17) is 0 Å². The number of carbonyl (C=O) groups excluding carboxylic acids is 1. The van der Waals surface area contributed by atoms with Crippen LogP contribution in [0.5, 0.6) is 0 Å². The number of hydrogen-bond donors (Lipinski definition) is 2. The number of rotatable bonds is 4. The monoisotopic (exact) mass is 305 g/mol. The second kappa shape index (κ2) is 6.44. The van der Waals surface area contributed by atoms with Crippen LogP contribution in [0.3, 0.4) is 0 Å². The van der Waals surface area contributed by atoms with Gasteiger partial charge in [-0.05, 0) is 37.8 Å². The average Bonchev–Trinajstić information content (AvgIpc) is 2.44. The van der Waals surface area contributed by atoms with Crippen LogP contribution in [-0.2, 0) is 0 Å². The van der Waals surface area contributed by atoms with E-state index in [-0.39, 0.29) is 22.7 Å². The number of hydrogen-bond acceptors (Lipinski definition) is 4. The first-order valence-corrected chi connectivity index (χ1v) is 7.58. The fraction of sp³-hybridized carbons (Fsp3) is 0.562. The molecule has 6 heteroatoms. The zero-order chi connectivity index (χ0) is 16.3. The number of nitro groups is 1. The van der Waals surface area contributed by atoms with Crippen molar-refractivity contribution in [3.8, 4) is 0 Å². The number of nitrogens with zero attached hydrogens (tertiary/aromatic N) is 1. The summed E-state index contributed by atoms with van der Waals surface area (Å²) in [5.41, 5.74) is 0.604. The summed E-state index contributed by atoms with van der Waals surface area (Å²) in [6, 6.07) is 4.98. The van der Waals surface area contributed by atoms with Crippen molar-refractivity contribution in [1.82, 2.24) is 10.6 Å². The summed E-state index contributed by atoms with van der Waals surface area (Å²) in [6.45, 7) is 7.39. The molecule has 1 unspecified atom stereocenters.